The van der Waals surface area contributed by atoms with Gasteiger partial charge in [-0.2, -0.15) is 8.42 Å². The first kappa shape index (κ1) is 21.2. The van der Waals surface area contributed by atoms with Gasteiger partial charge in [0.1, 0.15) is 24.9 Å². The molecule has 0 unspecified atom stereocenters. The predicted molar refractivity (Wildman–Crippen MR) is 77.1 cm³/mol. The Kier molecular flexibility index (Phi) is 7.25. The molecule has 0 saturated carbocycles. The third-order valence-electron chi connectivity index (χ3n) is 3.02. The number of carbonyl (C=O) groups excluding carboxylic acids is 3. The van der Waals surface area contributed by atoms with Gasteiger partial charge in [-0.05, 0) is 0 Å². The molecule has 12 nitrogen and oxygen atoms in total. The monoisotopic (exact) mass is 385 g/mol. The van der Waals surface area contributed by atoms with E-state index in [2.05, 4.69) is 14.2 Å². The van der Waals surface area contributed by atoms with Gasteiger partial charge in [-0.15, -0.1) is 0 Å². The van der Waals surface area contributed by atoms with Crippen LogP contribution in [0.2, 0.25) is 0 Å². The fourth-order valence-electron chi connectivity index (χ4n) is 2.23. The van der Waals surface area contributed by atoms with Gasteiger partial charge in [0.2, 0.25) is 5.91 Å². The molecule has 0 spiro atoms. The standard InChI is InChI=1S/C12H19NO11S/c1-5(14)13-9-11(22-7(3)16)10(24-25(18,19)20)8(23-12(9)17)4-21-6(2)15/h8-12,17H,4H2,1-3H3,(H,13,14)(H,18,19,20)/t8-,9-,10-,11-,12+/m1/s1. The zero-order valence-electron chi connectivity index (χ0n) is 13.6. The van der Waals surface area contributed by atoms with Crippen LogP contribution >= 0.6 is 0 Å². The van der Waals surface area contributed by atoms with E-state index in [1.54, 1.807) is 0 Å². The van der Waals surface area contributed by atoms with Crippen LogP contribution in [0.25, 0.3) is 0 Å². The second kappa shape index (κ2) is 8.53. The quantitative estimate of drug-likeness (QED) is 0.337. The van der Waals surface area contributed by atoms with Crippen LogP contribution in [0.3, 0.4) is 0 Å². The van der Waals surface area contributed by atoms with Crippen molar-refractivity contribution >= 4 is 28.2 Å². The average molecular weight is 385 g/mol. The van der Waals surface area contributed by atoms with E-state index < -0.39 is 65.5 Å². The van der Waals surface area contributed by atoms with Gasteiger partial charge in [0.25, 0.3) is 0 Å². The zero-order valence-corrected chi connectivity index (χ0v) is 14.4. The largest absolute Gasteiger partial charge is 0.463 e. The van der Waals surface area contributed by atoms with E-state index in [1.807, 2.05) is 0 Å². The molecule has 25 heavy (non-hydrogen) atoms. The van der Waals surface area contributed by atoms with E-state index in [-0.39, 0.29) is 0 Å². The van der Waals surface area contributed by atoms with E-state index in [9.17, 15) is 27.9 Å². The van der Waals surface area contributed by atoms with Crippen LogP contribution in [0.15, 0.2) is 0 Å². The number of esters is 2. The van der Waals surface area contributed by atoms with Crippen molar-refractivity contribution in [3.05, 3.63) is 0 Å². The van der Waals surface area contributed by atoms with Crippen LogP contribution in [0.4, 0.5) is 0 Å². The summed E-state index contributed by atoms with van der Waals surface area (Å²) >= 11 is 0. The molecular weight excluding hydrogens is 366 g/mol. The van der Waals surface area contributed by atoms with E-state index in [4.69, 9.17) is 14.0 Å². The van der Waals surface area contributed by atoms with Gasteiger partial charge < -0.3 is 24.6 Å². The van der Waals surface area contributed by atoms with Gasteiger partial charge in [0.15, 0.2) is 12.4 Å². The Hall–Kier alpha value is -1.80. The lowest BCUT2D eigenvalue weighted by atomic mass is 9.96. The molecule has 0 aliphatic carbocycles. The second-order valence-corrected chi connectivity index (χ2v) is 6.20. The van der Waals surface area contributed by atoms with Gasteiger partial charge in [0.05, 0.1) is 0 Å². The normalized spacial score (nSPS) is 29.6. The first-order valence-corrected chi connectivity index (χ1v) is 8.34. The number of hydrogen-bond acceptors (Lipinski definition) is 10. The maximum Gasteiger partial charge on any atom is 0.397 e. The predicted octanol–water partition coefficient (Wildman–Crippen LogP) is -2.11. The Labute approximate surface area is 143 Å². The number of rotatable bonds is 6. The zero-order chi connectivity index (χ0) is 19.4. The molecule has 0 aromatic carbocycles. The first-order chi connectivity index (χ1) is 11.4. The minimum atomic E-state index is -5.04. The molecule has 0 bridgehead atoms. The van der Waals surface area contributed by atoms with Crippen LogP contribution in [0, 0.1) is 0 Å². The molecule has 144 valence electrons. The smallest absolute Gasteiger partial charge is 0.397 e. The molecule has 1 fully saturated rings. The Bertz CT molecular complexity index is 619. The summed E-state index contributed by atoms with van der Waals surface area (Å²) < 4.78 is 50.3. The van der Waals surface area contributed by atoms with Gasteiger partial charge in [-0.3, -0.25) is 18.9 Å². The highest BCUT2D eigenvalue weighted by atomic mass is 32.3. The summed E-state index contributed by atoms with van der Waals surface area (Å²) in [4.78, 5) is 33.5. The molecule has 13 heteroatoms. The Balaban J connectivity index is 3.20. The molecule has 1 aliphatic heterocycles. The summed E-state index contributed by atoms with van der Waals surface area (Å²) in [5.41, 5.74) is 0. The highest BCUT2D eigenvalue weighted by Crippen LogP contribution is 2.26. The molecule has 0 aromatic heterocycles. The molecule has 5 atom stereocenters. The summed E-state index contributed by atoms with van der Waals surface area (Å²) in [6.45, 7) is 2.60. The highest BCUT2D eigenvalue weighted by Gasteiger charge is 2.50. The Morgan fingerprint density at radius 1 is 1.12 bits per heavy atom. The van der Waals surface area contributed by atoms with Crippen LogP contribution in [0.1, 0.15) is 20.8 Å². The van der Waals surface area contributed by atoms with Crippen LogP contribution in [0.5, 0.6) is 0 Å². The van der Waals surface area contributed by atoms with Crippen molar-refractivity contribution in [1.82, 2.24) is 5.32 Å². The summed E-state index contributed by atoms with van der Waals surface area (Å²) in [5, 5.41) is 12.2. The van der Waals surface area contributed by atoms with Crippen molar-refractivity contribution in [1.29, 1.82) is 0 Å². The number of hydrogen-bond donors (Lipinski definition) is 3. The number of amides is 1. The Morgan fingerprint density at radius 3 is 2.16 bits per heavy atom. The Morgan fingerprint density at radius 2 is 1.72 bits per heavy atom. The van der Waals surface area contributed by atoms with Crippen molar-refractivity contribution in [3.8, 4) is 0 Å². The topological polar surface area (TPSA) is 175 Å². The summed E-state index contributed by atoms with van der Waals surface area (Å²) in [6, 6.07) is -1.40. The first-order valence-electron chi connectivity index (χ1n) is 6.97. The van der Waals surface area contributed by atoms with E-state index in [0.717, 1.165) is 20.8 Å². The van der Waals surface area contributed by atoms with Gasteiger partial charge in [0, 0.05) is 20.8 Å². The number of aliphatic hydroxyl groups excluding tert-OH is 1. The minimum absolute atomic E-state index is 0.572. The average Bonchev–Trinajstić information content (AvgIpc) is 2.41. The van der Waals surface area contributed by atoms with Crippen LogP contribution in [-0.2, 0) is 43.2 Å². The third-order valence-corrected chi connectivity index (χ3v) is 3.49. The molecule has 0 radical (unpaired) electrons. The molecule has 0 aromatic rings. The number of carbonyl (C=O) groups is 3. The fraction of sp³-hybridized carbons (Fsp3) is 0.750. The fourth-order valence-corrected chi connectivity index (χ4v) is 2.74. The van der Waals surface area contributed by atoms with E-state index in [0.29, 0.717) is 0 Å². The lowest BCUT2D eigenvalue weighted by Gasteiger charge is -2.43. The SMILES string of the molecule is CC(=O)N[C@@H]1[C@@H](OC(C)=O)[C@H](OS(=O)(=O)O)[C@@H](COC(C)=O)O[C@@H]1O. The van der Waals surface area contributed by atoms with Crippen molar-refractivity contribution in [2.24, 2.45) is 0 Å². The maximum absolute atomic E-state index is 11.3. The number of nitrogens with one attached hydrogen (secondary N) is 1. The van der Waals surface area contributed by atoms with Gasteiger partial charge >= 0.3 is 22.3 Å². The summed E-state index contributed by atoms with van der Waals surface area (Å²) in [5.74, 6) is -2.27. The van der Waals surface area contributed by atoms with Crippen LogP contribution < -0.4 is 5.32 Å². The molecule has 1 saturated heterocycles. The molecule has 1 amide bonds. The third kappa shape index (κ3) is 6.91. The molecule has 1 rings (SSSR count). The molecule has 3 N–H and O–H groups in total. The van der Waals surface area contributed by atoms with Gasteiger partial charge in [-0.25, -0.2) is 4.18 Å². The number of aliphatic hydroxyl groups is 1. The maximum atomic E-state index is 11.3. The second-order valence-electron chi connectivity index (χ2n) is 5.16. The van der Waals surface area contributed by atoms with Crippen molar-refractivity contribution in [2.75, 3.05) is 6.61 Å². The lowest BCUT2D eigenvalue weighted by Crippen LogP contribution is -2.66. The van der Waals surface area contributed by atoms with E-state index in [1.165, 1.54) is 0 Å². The van der Waals surface area contributed by atoms with Crippen molar-refractivity contribution in [2.45, 2.75) is 51.4 Å². The van der Waals surface area contributed by atoms with Crippen LogP contribution in [-0.4, -0.2) is 73.2 Å². The minimum Gasteiger partial charge on any atom is -0.463 e. The molecule has 1 aliphatic rings. The van der Waals surface area contributed by atoms with Gasteiger partial charge in [-0.1, -0.05) is 0 Å². The lowest BCUT2D eigenvalue weighted by molar-refractivity contribution is -0.255. The van der Waals surface area contributed by atoms with Crippen molar-refractivity contribution in [3.63, 3.8) is 0 Å². The summed E-state index contributed by atoms with van der Waals surface area (Å²) in [6.07, 6.45) is -6.43. The number of ether oxygens (including phenoxy) is 3. The van der Waals surface area contributed by atoms with E-state index >= 15 is 0 Å². The summed E-state index contributed by atoms with van der Waals surface area (Å²) in [7, 11) is -5.04. The molecule has 1 heterocycles. The van der Waals surface area contributed by atoms with Crippen molar-refractivity contribution < 1.29 is 50.9 Å². The molecular formula is C12H19NO11S. The highest BCUT2D eigenvalue weighted by molar-refractivity contribution is 7.80.